The number of benzene rings is 1. The number of aromatic amines is 1. The number of aromatic nitrogens is 5. The predicted molar refractivity (Wildman–Crippen MR) is 116 cm³/mol. The fraction of sp³-hybridized carbons (Fsp3) is 0.217. The lowest BCUT2D eigenvalue weighted by Gasteiger charge is -2.08. The van der Waals surface area contributed by atoms with Gasteiger partial charge in [0.1, 0.15) is 6.54 Å². The van der Waals surface area contributed by atoms with Crippen LogP contribution in [0.15, 0.2) is 55.0 Å². The number of nitrogens with zero attached hydrogens (tertiary/aromatic N) is 4. The molecule has 1 amide bonds. The number of aryl methyl sites for hydroxylation is 1. The van der Waals surface area contributed by atoms with E-state index in [0.717, 1.165) is 44.9 Å². The minimum absolute atomic E-state index is 0.0572. The van der Waals surface area contributed by atoms with E-state index in [4.69, 9.17) is 0 Å². The Kier molecular flexibility index (Phi) is 5.43. The van der Waals surface area contributed by atoms with Crippen molar-refractivity contribution in [2.75, 3.05) is 0 Å². The standard InChI is InChI=1S/C23H24N6O/c1-15-16(2)28-29(17(15)3)14-22(30)25-12-18-4-6-20(7-5-18)23-21(13-26-27-23)19-8-10-24-11-9-19/h4-11,13H,12,14H2,1-3H3,(H,25,30)(H,26,27). The number of nitrogens with one attached hydrogen (secondary N) is 2. The van der Waals surface area contributed by atoms with Crippen molar-refractivity contribution in [3.63, 3.8) is 0 Å². The van der Waals surface area contributed by atoms with Crippen molar-refractivity contribution in [1.29, 1.82) is 0 Å². The molecule has 7 nitrogen and oxygen atoms in total. The van der Waals surface area contributed by atoms with Gasteiger partial charge in [-0.3, -0.25) is 19.6 Å². The fourth-order valence-corrected chi connectivity index (χ4v) is 3.38. The number of hydrogen-bond donors (Lipinski definition) is 2. The van der Waals surface area contributed by atoms with Gasteiger partial charge in [-0.1, -0.05) is 24.3 Å². The molecule has 152 valence electrons. The zero-order valence-electron chi connectivity index (χ0n) is 17.3. The van der Waals surface area contributed by atoms with Crippen molar-refractivity contribution in [2.45, 2.75) is 33.9 Å². The van der Waals surface area contributed by atoms with Crippen molar-refractivity contribution in [3.8, 4) is 22.4 Å². The summed E-state index contributed by atoms with van der Waals surface area (Å²) in [7, 11) is 0. The van der Waals surface area contributed by atoms with Crippen LogP contribution in [0.2, 0.25) is 0 Å². The summed E-state index contributed by atoms with van der Waals surface area (Å²) in [5, 5.41) is 14.7. The van der Waals surface area contributed by atoms with E-state index in [0.29, 0.717) is 6.54 Å². The molecule has 7 heteroatoms. The molecule has 0 unspecified atom stereocenters. The largest absolute Gasteiger partial charge is 0.350 e. The summed E-state index contributed by atoms with van der Waals surface area (Å²) >= 11 is 0. The first-order valence-electron chi connectivity index (χ1n) is 9.83. The van der Waals surface area contributed by atoms with Gasteiger partial charge in [0.25, 0.3) is 0 Å². The number of hydrogen-bond acceptors (Lipinski definition) is 4. The summed E-state index contributed by atoms with van der Waals surface area (Å²) in [4.78, 5) is 16.4. The Balaban J connectivity index is 1.41. The Hall–Kier alpha value is -3.74. The van der Waals surface area contributed by atoms with Gasteiger partial charge < -0.3 is 5.32 Å². The molecule has 1 aromatic carbocycles. The van der Waals surface area contributed by atoms with Gasteiger partial charge in [-0.2, -0.15) is 10.2 Å². The highest BCUT2D eigenvalue weighted by Gasteiger charge is 2.12. The maximum Gasteiger partial charge on any atom is 0.242 e. The maximum absolute atomic E-state index is 12.3. The molecule has 0 fully saturated rings. The molecule has 0 saturated heterocycles. The van der Waals surface area contributed by atoms with E-state index >= 15 is 0 Å². The Morgan fingerprint density at radius 2 is 1.77 bits per heavy atom. The Labute approximate surface area is 175 Å². The number of H-pyrrole nitrogens is 1. The van der Waals surface area contributed by atoms with Crippen LogP contribution in [0.4, 0.5) is 0 Å². The average Bonchev–Trinajstić information content (AvgIpc) is 3.35. The van der Waals surface area contributed by atoms with Crippen LogP contribution in [-0.2, 0) is 17.9 Å². The lowest BCUT2D eigenvalue weighted by Crippen LogP contribution is -2.28. The molecule has 0 aliphatic heterocycles. The Bertz CT molecular complexity index is 1160. The zero-order valence-corrected chi connectivity index (χ0v) is 17.3. The smallest absolute Gasteiger partial charge is 0.242 e. The molecule has 0 saturated carbocycles. The van der Waals surface area contributed by atoms with Gasteiger partial charge in [0.15, 0.2) is 0 Å². The van der Waals surface area contributed by atoms with Crippen LogP contribution in [0.1, 0.15) is 22.5 Å². The molecule has 4 rings (SSSR count). The van der Waals surface area contributed by atoms with E-state index in [9.17, 15) is 4.79 Å². The highest BCUT2D eigenvalue weighted by atomic mass is 16.2. The molecule has 3 aromatic heterocycles. The summed E-state index contributed by atoms with van der Waals surface area (Å²) in [6.45, 7) is 6.65. The molecule has 0 spiro atoms. The Morgan fingerprint density at radius 1 is 1.03 bits per heavy atom. The number of pyridine rings is 1. The number of rotatable bonds is 6. The van der Waals surface area contributed by atoms with Gasteiger partial charge in [0.05, 0.1) is 17.6 Å². The molecule has 4 aromatic rings. The van der Waals surface area contributed by atoms with Crippen molar-refractivity contribution in [3.05, 3.63) is 77.5 Å². The number of amides is 1. The quantitative estimate of drug-likeness (QED) is 0.518. The first-order valence-corrected chi connectivity index (χ1v) is 9.83. The third-order valence-electron chi connectivity index (χ3n) is 5.40. The van der Waals surface area contributed by atoms with Crippen molar-refractivity contribution >= 4 is 5.91 Å². The van der Waals surface area contributed by atoms with Crippen LogP contribution in [0, 0.1) is 20.8 Å². The molecule has 0 aliphatic rings. The molecule has 0 aliphatic carbocycles. The van der Waals surface area contributed by atoms with Gasteiger partial charge in [-0.05, 0) is 49.6 Å². The maximum atomic E-state index is 12.3. The average molecular weight is 400 g/mol. The molecule has 0 atom stereocenters. The zero-order chi connectivity index (χ0) is 21.1. The van der Waals surface area contributed by atoms with Gasteiger partial charge in [-0.15, -0.1) is 0 Å². The first-order chi connectivity index (χ1) is 14.5. The normalized spacial score (nSPS) is 10.9. The molecule has 0 bridgehead atoms. The topological polar surface area (TPSA) is 88.5 Å². The fourth-order valence-electron chi connectivity index (χ4n) is 3.38. The van der Waals surface area contributed by atoms with E-state index in [1.807, 2.05) is 63.4 Å². The highest BCUT2D eigenvalue weighted by molar-refractivity contribution is 5.80. The van der Waals surface area contributed by atoms with E-state index in [1.54, 1.807) is 17.1 Å². The summed E-state index contributed by atoms with van der Waals surface area (Å²) in [6, 6.07) is 12.0. The van der Waals surface area contributed by atoms with E-state index in [2.05, 4.69) is 25.6 Å². The predicted octanol–water partition coefficient (Wildman–Crippen LogP) is 3.58. The van der Waals surface area contributed by atoms with Crippen LogP contribution in [0.3, 0.4) is 0 Å². The van der Waals surface area contributed by atoms with Crippen LogP contribution in [0.5, 0.6) is 0 Å². The minimum atomic E-state index is -0.0572. The third-order valence-corrected chi connectivity index (χ3v) is 5.40. The molecule has 2 N–H and O–H groups in total. The van der Waals surface area contributed by atoms with Crippen LogP contribution < -0.4 is 5.32 Å². The molecular formula is C23H24N6O. The second kappa shape index (κ2) is 8.32. The van der Waals surface area contributed by atoms with E-state index in [1.165, 1.54) is 0 Å². The number of carbonyl (C=O) groups excluding carboxylic acids is 1. The van der Waals surface area contributed by atoms with Crippen LogP contribution in [-0.4, -0.2) is 30.9 Å². The van der Waals surface area contributed by atoms with Crippen molar-refractivity contribution < 1.29 is 4.79 Å². The Morgan fingerprint density at radius 3 is 2.43 bits per heavy atom. The summed E-state index contributed by atoms with van der Waals surface area (Å²) in [5.41, 5.74) is 8.22. The second-order valence-corrected chi connectivity index (χ2v) is 7.32. The third kappa shape index (κ3) is 4.00. The van der Waals surface area contributed by atoms with Gasteiger partial charge in [0.2, 0.25) is 5.91 Å². The van der Waals surface area contributed by atoms with Crippen molar-refractivity contribution in [1.82, 2.24) is 30.3 Å². The lowest BCUT2D eigenvalue weighted by molar-refractivity contribution is -0.122. The molecular weight excluding hydrogens is 376 g/mol. The monoisotopic (exact) mass is 400 g/mol. The first kappa shape index (κ1) is 19.6. The second-order valence-electron chi connectivity index (χ2n) is 7.32. The van der Waals surface area contributed by atoms with Crippen LogP contribution in [0.25, 0.3) is 22.4 Å². The van der Waals surface area contributed by atoms with Gasteiger partial charge in [0, 0.05) is 35.8 Å². The highest BCUT2D eigenvalue weighted by Crippen LogP contribution is 2.29. The summed E-state index contributed by atoms with van der Waals surface area (Å²) < 4.78 is 1.75. The van der Waals surface area contributed by atoms with Gasteiger partial charge >= 0.3 is 0 Å². The molecule has 30 heavy (non-hydrogen) atoms. The van der Waals surface area contributed by atoms with E-state index in [-0.39, 0.29) is 12.5 Å². The SMILES string of the molecule is Cc1nn(CC(=O)NCc2ccc(-c3[nH]ncc3-c3ccncc3)cc2)c(C)c1C. The lowest BCUT2D eigenvalue weighted by atomic mass is 10.0. The van der Waals surface area contributed by atoms with Gasteiger partial charge in [-0.25, -0.2) is 0 Å². The summed E-state index contributed by atoms with van der Waals surface area (Å²) in [6.07, 6.45) is 5.36. The summed E-state index contributed by atoms with van der Waals surface area (Å²) in [5.74, 6) is -0.0572. The minimum Gasteiger partial charge on any atom is -0.350 e. The van der Waals surface area contributed by atoms with Crippen LogP contribution >= 0.6 is 0 Å². The number of carbonyl (C=O) groups is 1. The molecule has 0 radical (unpaired) electrons. The van der Waals surface area contributed by atoms with E-state index < -0.39 is 0 Å². The molecule has 3 heterocycles. The van der Waals surface area contributed by atoms with Crippen molar-refractivity contribution in [2.24, 2.45) is 0 Å².